The molecule has 1 fully saturated rings. The van der Waals surface area contributed by atoms with Crippen molar-refractivity contribution in [1.29, 1.82) is 0 Å². The number of hydrogen-bond donors (Lipinski definition) is 1. The summed E-state index contributed by atoms with van der Waals surface area (Å²) in [6, 6.07) is -0.00630. The highest BCUT2D eigenvalue weighted by Gasteiger charge is 2.32. The van der Waals surface area contributed by atoms with Gasteiger partial charge in [-0.05, 0) is 12.8 Å². The number of hydrogen-bond acceptors (Lipinski definition) is 6. The molecule has 1 aliphatic rings. The molecule has 0 saturated carbocycles. The maximum Gasteiger partial charge on any atom is 0.320 e. The van der Waals surface area contributed by atoms with Crippen molar-refractivity contribution in [3.8, 4) is 0 Å². The largest absolute Gasteiger partial charge is 0.468 e. The van der Waals surface area contributed by atoms with Crippen LogP contribution in [0.2, 0.25) is 0 Å². The van der Waals surface area contributed by atoms with Crippen LogP contribution < -0.4 is 5.48 Å². The highest BCUT2D eigenvalue weighted by molar-refractivity contribution is 5.94. The van der Waals surface area contributed by atoms with Crippen LogP contribution in [0.15, 0.2) is 0 Å². The molecule has 1 N–H and O–H groups in total. The number of hydroxylamine groups is 1. The van der Waals surface area contributed by atoms with Gasteiger partial charge in [0.2, 0.25) is 0 Å². The summed E-state index contributed by atoms with van der Waals surface area (Å²) in [5.41, 5.74) is 2.73. The molecule has 6 nitrogen and oxygen atoms in total. The smallest absolute Gasteiger partial charge is 0.320 e. The minimum Gasteiger partial charge on any atom is -0.468 e. The second-order valence-corrected chi connectivity index (χ2v) is 3.29. The van der Waals surface area contributed by atoms with E-state index in [4.69, 9.17) is 4.84 Å². The summed E-state index contributed by atoms with van der Waals surface area (Å²) >= 11 is 0. The lowest BCUT2D eigenvalue weighted by Crippen LogP contribution is -2.33. The van der Waals surface area contributed by atoms with Crippen LogP contribution >= 0.6 is 0 Å². The van der Waals surface area contributed by atoms with Gasteiger partial charge in [0.05, 0.1) is 20.8 Å². The van der Waals surface area contributed by atoms with Gasteiger partial charge in [0, 0.05) is 6.04 Å². The second-order valence-electron chi connectivity index (χ2n) is 3.29. The Balaban J connectivity index is 2.55. The van der Waals surface area contributed by atoms with Gasteiger partial charge in [-0.3, -0.25) is 9.59 Å². The molecule has 0 amide bonds. The predicted octanol–water partition coefficient (Wildman–Crippen LogP) is -0.368. The number of ether oxygens (including phenoxy) is 2. The molecule has 1 heterocycles. The van der Waals surface area contributed by atoms with Gasteiger partial charge in [0.1, 0.15) is 0 Å². The topological polar surface area (TPSA) is 73.9 Å². The van der Waals surface area contributed by atoms with Gasteiger partial charge in [-0.1, -0.05) is 0 Å². The Morgan fingerprint density at radius 3 is 2.40 bits per heavy atom. The number of esters is 2. The molecule has 1 saturated heterocycles. The van der Waals surface area contributed by atoms with Crippen molar-refractivity contribution < 1.29 is 23.9 Å². The predicted molar refractivity (Wildman–Crippen MR) is 49.6 cm³/mol. The number of carbonyl (C=O) groups is 2. The molecule has 0 aromatic heterocycles. The molecule has 0 aliphatic carbocycles. The fraction of sp³-hybridized carbons (Fsp3) is 0.778. The molecule has 86 valence electrons. The van der Waals surface area contributed by atoms with Gasteiger partial charge in [0.25, 0.3) is 0 Å². The van der Waals surface area contributed by atoms with E-state index < -0.39 is 17.9 Å². The minimum atomic E-state index is -0.876. The molecule has 1 rings (SSSR count). The summed E-state index contributed by atoms with van der Waals surface area (Å²) in [6.45, 7) is 0.583. The van der Waals surface area contributed by atoms with E-state index in [1.54, 1.807) is 0 Å². The molecule has 0 radical (unpaired) electrons. The number of rotatable bonds is 4. The SMILES string of the molecule is COC(=O)C(CC1CCON1)C(=O)OC. The van der Waals surface area contributed by atoms with E-state index in [9.17, 15) is 9.59 Å². The number of nitrogens with one attached hydrogen (secondary N) is 1. The lowest BCUT2D eigenvalue weighted by Gasteiger charge is -2.15. The van der Waals surface area contributed by atoms with Gasteiger partial charge in [-0.15, -0.1) is 0 Å². The number of methoxy groups -OCH3 is 2. The van der Waals surface area contributed by atoms with E-state index in [1.165, 1.54) is 14.2 Å². The molecule has 1 unspecified atom stereocenters. The molecule has 0 spiro atoms. The minimum absolute atomic E-state index is 0.00630. The van der Waals surface area contributed by atoms with Gasteiger partial charge in [-0.25, -0.2) is 0 Å². The fourth-order valence-corrected chi connectivity index (χ4v) is 1.46. The zero-order valence-corrected chi connectivity index (χ0v) is 8.82. The van der Waals surface area contributed by atoms with Crippen molar-refractivity contribution in [2.24, 2.45) is 5.92 Å². The van der Waals surface area contributed by atoms with Gasteiger partial charge in [-0.2, -0.15) is 5.48 Å². The maximum absolute atomic E-state index is 11.3. The first-order chi connectivity index (χ1) is 7.19. The van der Waals surface area contributed by atoms with Crippen LogP contribution in [0.3, 0.4) is 0 Å². The quantitative estimate of drug-likeness (QED) is 0.511. The Labute approximate surface area is 87.8 Å². The molecule has 1 aliphatic heterocycles. The zero-order chi connectivity index (χ0) is 11.3. The van der Waals surface area contributed by atoms with Crippen LogP contribution in [0.25, 0.3) is 0 Å². The van der Waals surface area contributed by atoms with Crippen LogP contribution in [0.5, 0.6) is 0 Å². The molecule has 0 aromatic rings. The monoisotopic (exact) mass is 217 g/mol. The van der Waals surface area contributed by atoms with E-state index in [0.717, 1.165) is 6.42 Å². The Hall–Kier alpha value is -1.14. The number of carbonyl (C=O) groups excluding carboxylic acids is 2. The van der Waals surface area contributed by atoms with Gasteiger partial charge in [0.15, 0.2) is 5.92 Å². The van der Waals surface area contributed by atoms with Crippen molar-refractivity contribution in [1.82, 2.24) is 5.48 Å². The average Bonchev–Trinajstić information content (AvgIpc) is 2.76. The Morgan fingerprint density at radius 1 is 1.40 bits per heavy atom. The lowest BCUT2D eigenvalue weighted by molar-refractivity contribution is -0.159. The van der Waals surface area contributed by atoms with Crippen molar-refractivity contribution in [2.45, 2.75) is 18.9 Å². The maximum atomic E-state index is 11.3. The highest BCUT2D eigenvalue weighted by atomic mass is 16.7. The van der Waals surface area contributed by atoms with Crippen LogP contribution in [0.1, 0.15) is 12.8 Å². The first kappa shape index (κ1) is 11.9. The van der Waals surface area contributed by atoms with Crippen molar-refractivity contribution in [3.63, 3.8) is 0 Å². The summed E-state index contributed by atoms with van der Waals surface area (Å²) in [5.74, 6) is -2.02. The molecule has 6 heteroatoms. The van der Waals surface area contributed by atoms with Crippen molar-refractivity contribution >= 4 is 11.9 Å². The summed E-state index contributed by atoms with van der Waals surface area (Å²) in [7, 11) is 2.49. The van der Waals surface area contributed by atoms with E-state index in [-0.39, 0.29) is 6.04 Å². The Morgan fingerprint density at radius 2 is 2.00 bits per heavy atom. The molecular formula is C9H15NO5. The summed E-state index contributed by atoms with van der Waals surface area (Å²) in [6.07, 6.45) is 1.10. The van der Waals surface area contributed by atoms with Crippen molar-refractivity contribution in [2.75, 3.05) is 20.8 Å². The molecular weight excluding hydrogens is 202 g/mol. The van der Waals surface area contributed by atoms with Crippen LogP contribution in [-0.2, 0) is 23.9 Å². The Bertz CT molecular complexity index is 221. The van der Waals surface area contributed by atoms with E-state index in [0.29, 0.717) is 13.0 Å². The molecule has 1 atom stereocenters. The van der Waals surface area contributed by atoms with Gasteiger partial charge < -0.3 is 14.3 Å². The molecule has 0 bridgehead atoms. The summed E-state index contributed by atoms with van der Waals surface area (Å²) in [5, 5.41) is 0. The van der Waals surface area contributed by atoms with Crippen LogP contribution in [0.4, 0.5) is 0 Å². The van der Waals surface area contributed by atoms with E-state index in [1.807, 2.05) is 0 Å². The Kier molecular flexibility index (Phi) is 4.51. The average molecular weight is 217 g/mol. The highest BCUT2D eigenvalue weighted by Crippen LogP contribution is 2.15. The lowest BCUT2D eigenvalue weighted by atomic mass is 9.99. The fourth-order valence-electron chi connectivity index (χ4n) is 1.46. The molecule has 15 heavy (non-hydrogen) atoms. The van der Waals surface area contributed by atoms with Crippen LogP contribution in [0, 0.1) is 5.92 Å². The standard InChI is InChI=1S/C9H15NO5/c1-13-8(11)7(9(12)14-2)5-6-3-4-15-10-6/h6-7,10H,3-5H2,1-2H3. The third kappa shape index (κ3) is 3.17. The molecule has 0 aromatic carbocycles. The van der Waals surface area contributed by atoms with Gasteiger partial charge >= 0.3 is 11.9 Å². The first-order valence-electron chi connectivity index (χ1n) is 4.72. The van der Waals surface area contributed by atoms with Crippen molar-refractivity contribution in [3.05, 3.63) is 0 Å². The second kappa shape index (κ2) is 5.67. The third-order valence-electron chi connectivity index (χ3n) is 2.31. The van der Waals surface area contributed by atoms with Crippen LogP contribution in [-0.4, -0.2) is 38.8 Å². The van der Waals surface area contributed by atoms with E-state index in [2.05, 4.69) is 15.0 Å². The van der Waals surface area contributed by atoms with E-state index >= 15 is 0 Å². The first-order valence-corrected chi connectivity index (χ1v) is 4.72. The zero-order valence-electron chi connectivity index (χ0n) is 8.82. The summed E-state index contributed by atoms with van der Waals surface area (Å²) < 4.78 is 9.07. The normalized spacial score (nSPS) is 20.3. The third-order valence-corrected chi connectivity index (χ3v) is 2.31. The summed E-state index contributed by atoms with van der Waals surface area (Å²) in [4.78, 5) is 27.5.